The molecule has 2 N–H and O–H groups in total. The van der Waals surface area contributed by atoms with Gasteiger partial charge in [-0.2, -0.15) is 0 Å². The molecule has 2 saturated heterocycles. The maximum atomic E-state index is 12.6. The number of carbonyl (C=O) groups excluding carboxylic acids is 1. The van der Waals surface area contributed by atoms with E-state index < -0.39 is 5.54 Å². The first kappa shape index (κ1) is 13.3. The fraction of sp³-hybridized carbons (Fsp3) is 0.929. The van der Waals surface area contributed by atoms with E-state index in [1.54, 1.807) is 0 Å². The molecule has 19 heavy (non-hydrogen) atoms. The molecule has 0 radical (unpaired) electrons. The lowest BCUT2D eigenvalue weighted by atomic mass is 9.89. The summed E-state index contributed by atoms with van der Waals surface area (Å²) in [6, 6.07) is 1.14. The third-order valence-electron chi connectivity index (χ3n) is 4.94. The van der Waals surface area contributed by atoms with Crippen LogP contribution >= 0.6 is 0 Å². The minimum atomic E-state index is -0.694. The topological polar surface area (TPSA) is 58.8 Å². The van der Waals surface area contributed by atoms with E-state index in [1.165, 1.54) is 12.8 Å². The van der Waals surface area contributed by atoms with Crippen LogP contribution in [-0.4, -0.2) is 66.7 Å². The highest BCUT2D eigenvalue weighted by Gasteiger charge is 2.42. The Morgan fingerprint density at radius 2 is 2.00 bits per heavy atom. The van der Waals surface area contributed by atoms with Crippen LogP contribution in [0, 0.1) is 0 Å². The highest BCUT2D eigenvalue weighted by atomic mass is 16.5. The van der Waals surface area contributed by atoms with Gasteiger partial charge in [0.05, 0.1) is 5.54 Å². The summed E-state index contributed by atoms with van der Waals surface area (Å²) in [5, 5.41) is 0. The normalized spacial score (nSPS) is 31.4. The van der Waals surface area contributed by atoms with Crippen LogP contribution in [0.25, 0.3) is 0 Å². The Bertz CT molecular complexity index is 351. The Morgan fingerprint density at radius 1 is 1.32 bits per heavy atom. The van der Waals surface area contributed by atoms with Gasteiger partial charge in [-0.15, -0.1) is 0 Å². The molecule has 3 aliphatic rings. The van der Waals surface area contributed by atoms with Crippen molar-refractivity contribution in [3.63, 3.8) is 0 Å². The average molecular weight is 267 g/mol. The first-order valence-electron chi connectivity index (χ1n) is 7.48. The number of hydrogen-bond donors (Lipinski definition) is 1. The van der Waals surface area contributed by atoms with E-state index in [9.17, 15) is 4.79 Å². The summed E-state index contributed by atoms with van der Waals surface area (Å²) in [6.07, 6.45) is 5.06. The van der Waals surface area contributed by atoms with Crippen LogP contribution in [0.4, 0.5) is 0 Å². The SMILES string of the molecule is CN(C(=O)C1(N)CCOCC1)C1CCN(C2CC2)C1. The number of hydrogen-bond acceptors (Lipinski definition) is 4. The van der Waals surface area contributed by atoms with E-state index in [1.807, 2.05) is 11.9 Å². The molecule has 1 amide bonds. The molecule has 1 aliphatic carbocycles. The molecule has 0 aromatic rings. The second-order valence-electron chi connectivity index (χ2n) is 6.35. The Morgan fingerprint density at radius 3 is 2.63 bits per heavy atom. The van der Waals surface area contributed by atoms with Gasteiger partial charge in [0, 0.05) is 45.4 Å². The molecule has 3 fully saturated rings. The fourth-order valence-corrected chi connectivity index (χ4v) is 3.32. The minimum Gasteiger partial charge on any atom is -0.381 e. The summed E-state index contributed by atoms with van der Waals surface area (Å²) in [5.41, 5.74) is 5.60. The molecule has 0 spiro atoms. The summed E-state index contributed by atoms with van der Waals surface area (Å²) in [6.45, 7) is 3.37. The van der Waals surface area contributed by atoms with Crippen LogP contribution in [0.15, 0.2) is 0 Å². The number of carbonyl (C=O) groups is 1. The maximum Gasteiger partial charge on any atom is 0.242 e. The fourth-order valence-electron chi connectivity index (χ4n) is 3.32. The second-order valence-corrected chi connectivity index (χ2v) is 6.35. The van der Waals surface area contributed by atoms with Gasteiger partial charge in [0.1, 0.15) is 0 Å². The number of likely N-dealkylation sites (tertiary alicyclic amines) is 1. The molecule has 0 aromatic carbocycles. The molecule has 0 aromatic heterocycles. The lowest BCUT2D eigenvalue weighted by Gasteiger charge is -2.37. The summed E-state index contributed by atoms with van der Waals surface area (Å²) in [7, 11) is 1.92. The largest absolute Gasteiger partial charge is 0.381 e. The van der Waals surface area contributed by atoms with E-state index in [2.05, 4.69) is 4.90 Å². The number of nitrogens with two attached hydrogens (primary N) is 1. The highest BCUT2D eigenvalue weighted by Crippen LogP contribution is 2.31. The average Bonchev–Trinajstić information content (AvgIpc) is 3.16. The van der Waals surface area contributed by atoms with Crippen molar-refractivity contribution in [3.05, 3.63) is 0 Å². The molecule has 2 aliphatic heterocycles. The van der Waals surface area contributed by atoms with Crippen LogP contribution in [0.5, 0.6) is 0 Å². The zero-order chi connectivity index (χ0) is 13.5. The molecular weight excluding hydrogens is 242 g/mol. The Balaban J connectivity index is 1.59. The Labute approximate surface area is 115 Å². The molecule has 108 valence electrons. The summed E-state index contributed by atoms with van der Waals surface area (Å²) < 4.78 is 5.32. The van der Waals surface area contributed by atoms with Crippen LogP contribution < -0.4 is 5.73 Å². The van der Waals surface area contributed by atoms with E-state index in [0.29, 0.717) is 32.1 Å². The molecule has 5 nitrogen and oxygen atoms in total. The molecule has 1 saturated carbocycles. The Hall–Kier alpha value is -0.650. The van der Waals surface area contributed by atoms with Crippen LogP contribution in [0.3, 0.4) is 0 Å². The molecule has 1 unspecified atom stereocenters. The predicted octanol–water partition coefficient (Wildman–Crippen LogP) is 0.189. The van der Waals surface area contributed by atoms with Crippen LogP contribution in [0.2, 0.25) is 0 Å². The first-order valence-corrected chi connectivity index (χ1v) is 7.48. The second kappa shape index (κ2) is 5.04. The van der Waals surface area contributed by atoms with Gasteiger partial charge >= 0.3 is 0 Å². The van der Waals surface area contributed by atoms with Gasteiger partial charge in [-0.05, 0) is 32.1 Å². The molecule has 3 rings (SSSR count). The molecule has 0 bridgehead atoms. The van der Waals surface area contributed by atoms with Gasteiger partial charge < -0.3 is 15.4 Å². The first-order chi connectivity index (χ1) is 9.10. The van der Waals surface area contributed by atoms with Crippen molar-refractivity contribution in [3.8, 4) is 0 Å². The number of rotatable bonds is 3. The molecular formula is C14H25N3O2. The van der Waals surface area contributed by atoms with Crippen molar-refractivity contribution >= 4 is 5.91 Å². The lowest BCUT2D eigenvalue weighted by Crippen LogP contribution is -2.59. The molecule has 5 heteroatoms. The third-order valence-corrected chi connectivity index (χ3v) is 4.94. The van der Waals surface area contributed by atoms with Gasteiger partial charge in [0.25, 0.3) is 0 Å². The van der Waals surface area contributed by atoms with Crippen molar-refractivity contribution in [1.29, 1.82) is 0 Å². The van der Waals surface area contributed by atoms with Crippen molar-refractivity contribution in [2.24, 2.45) is 5.73 Å². The summed E-state index contributed by atoms with van der Waals surface area (Å²) in [5.74, 6) is 0.110. The number of ether oxygens (including phenoxy) is 1. The van der Waals surface area contributed by atoms with E-state index in [-0.39, 0.29) is 5.91 Å². The number of amides is 1. The van der Waals surface area contributed by atoms with Gasteiger partial charge in [-0.3, -0.25) is 9.69 Å². The summed E-state index contributed by atoms with van der Waals surface area (Å²) >= 11 is 0. The van der Waals surface area contributed by atoms with E-state index in [0.717, 1.165) is 25.6 Å². The van der Waals surface area contributed by atoms with Crippen molar-refractivity contribution in [2.45, 2.75) is 49.7 Å². The van der Waals surface area contributed by atoms with Crippen molar-refractivity contribution < 1.29 is 9.53 Å². The monoisotopic (exact) mass is 267 g/mol. The standard InChI is InChI=1S/C14H25N3O2/c1-16(12-4-7-17(10-12)11-2-3-11)13(18)14(15)5-8-19-9-6-14/h11-12H,2-10,15H2,1H3. The minimum absolute atomic E-state index is 0.110. The van der Waals surface area contributed by atoms with Crippen LogP contribution in [0.1, 0.15) is 32.1 Å². The highest BCUT2D eigenvalue weighted by molar-refractivity contribution is 5.86. The van der Waals surface area contributed by atoms with E-state index in [4.69, 9.17) is 10.5 Å². The zero-order valence-electron chi connectivity index (χ0n) is 11.8. The van der Waals surface area contributed by atoms with Crippen LogP contribution in [-0.2, 0) is 9.53 Å². The maximum absolute atomic E-state index is 12.6. The number of likely N-dealkylation sites (N-methyl/N-ethyl adjacent to an activating group) is 1. The van der Waals surface area contributed by atoms with Gasteiger partial charge in [0.2, 0.25) is 5.91 Å². The summed E-state index contributed by atoms with van der Waals surface area (Å²) in [4.78, 5) is 17.1. The van der Waals surface area contributed by atoms with Crippen molar-refractivity contribution in [2.75, 3.05) is 33.4 Å². The van der Waals surface area contributed by atoms with E-state index >= 15 is 0 Å². The quantitative estimate of drug-likeness (QED) is 0.793. The van der Waals surface area contributed by atoms with Gasteiger partial charge in [-0.1, -0.05) is 0 Å². The predicted molar refractivity (Wildman–Crippen MR) is 72.7 cm³/mol. The Kier molecular flexibility index (Phi) is 3.53. The number of nitrogens with zero attached hydrogens (tertiary/aromatic N) is 2. The zero-order valence-corrected chi connectivity index (χ0v) is 11.8. The van der Waals surface area contributed by atoms with Gasteiger partial charge in [0.15, 0.2) is 0 Å². The molecule has 1 atom stereocenters. The molecule has 2 heterocycles. The third kappa shape index (κ3) is 2.64. The smallest absolute Gasteiger partial charge is 0.242 e. The van der Waals surface area contributed by atoms with Gasteiger partial charge in [-0.25, -0.2) is 0 Å². The lowest BCUT2D eigenvalue weighted by molar-refractivity contribution is -0.141. The van der Waals surface area contributed by atoms with Crippen molar-refractivity contribution in [1.82, 2.24) is 9.80 Å².